The number of carbonyl (C=O) groups excluding carboxylic acids is 1. The first-order valence-electron chi connectivity index (χ1n) is 6.39. The van der Waals surface area contributed by atoms with Crippen molar-refractivity contribution in [1.82, 2.24) is 9.78 Å². The summed E-state index contributed by atoms with van der Waals surface area (Å²) in [5.74, 6) is -0.209. The molecule has 21 heavy (non-hydrogen) atoms. The summed E-state index contributed by atoms with van der Waals surface area (Å²) in [6, 6.07) is 16.6. The van der Waals surface area contributed by atoms with Crippen LogP contribution in [0.3, 0.4) is 0 Å². The van der Waals surface area contributed by atoms with Gasteiger partial charge in [0, 0.05) is 16.9 Å². The van der Waals surface area contributed by atoms with E-state index in [-0.39, 0.29) is 5.91 Å². The molecule has 0 spiro atoms. The zero-order valence-corrected chi connectivity index (χ0v) is 11.8. The number of benzene rings is 2. The molecule has 0 saturated heterocycles. The highest BCUT2D eigenvalue weighted by molar-refractivity contribution is 6.30. The summed E-state index contributed by atoms with van der Waals surface area (Å²) in [6.45, 7) is 0. The monoisotopic (exact) mass is 297 g/mol. The minimum Gasteiger partial charge on any atom is -0.322 e. The van der Waals surface area contributed by atoms with E-state index >= 15 is 0 Å². The molecular formula is C16H12ClN3O. The van der Waals surface area contributed by atoms with E-state index in [1.807, 2.05) is 30.3 Å². The predicted molar refractivity (Wildman–Crippen MR) is 83.0 cm³/mol. The van der Waals surface area contributed by atoms with Crippen molar-refractivity contribution >= 4 is 23.2 Å². The second-order valence-electron chi connectivity index (χ2n) is 4.47. The number of hydrogen-bond donors (Lipinski definition) is 1. The maximum absolute atomic E-state index is 12.1. The number of carbonyl (C=O) groups is 1. The molecule has 0 atom stereocenters. The third-order valence-corrected chi connectivity index (χ3v) is 3.22. The largest absolute Gasteiger partial charge is 0.322 e. The molecule has 0 saturated carbocycles. The lowest BCUT2D eigenvalue weighted by molar-refractivity contribution is 0.102. The lowest BCUT2D eigenvalue weighted by Gasteiger charge is -2.03. The molecule has 104 valence electrons. The third-order valence-electron chi connectivity index (χ3n) is 2.97. The van der Waals surface area contributed by atoms with E-state index < -0.39 is 0 Å². The first-order chi connectivity index (χ1) is 10.2. The Morgan fingerprint density at radius 2 is 1.76 bits per heavy atom. The van der Waals surface area contributed by atoms with Crippen LogP contribution in [0.5, 0.6) is 0 Å². The van der Waals surface area contributed by atoms with Crippen LogP contribution in [0.2, 0.25) is 5.02 Å². The Bertz CT molecular complexity index is 751. The highest BCUT2D eigenvalue weighted by atomic mass is 35.5. The lowest BCUT2D eigenvalue weighted by Crippen LogP contribution is -2.10. The van der Waals surface area contributed by atoms with Gasteiger partial charge in [0.05, 0.1) is 17.4 Å². The molecule has 0 aliphatic heterocycles. The molecule has 1 N–H and O–H groups in total. The molecular weight excluding hydrogens is 286 g/mol. The predicted octanol–water partition coefficient (Wildman–Crippen LogP) is 3.78. The summed E-state index contributed by atoms with van der Waals surface area (Å²) < 4.78 is 1.66. The highest BCUT2D eigenvalue weighted by Crippen LogP contribution is 2.15. The van der Waals surface area contributed by atoms with Gasteiger partial charge in [0.1, 0.15) is 0 Å². The summed E-state index contributed by atoms with van der Waals surface area (Å²) in [6.07, 6.45) is 3.23. The molecule has 3 rings (SSSR count). The molecule has 0 unspecified atom stereocenters. The molecule has 1 heterocycles. The second kappa shape index (κ2) is 5.81. The van der Waals surface area contributed by atoms with Crippen molar-refractivity contribution in [1.29, 1.82) is 0 Å². The van der Waals surface area contributed by atoms with Gasteiger partial charge in [0.25, 0.3) is 5.91 Å². The van der Waals surface area contributed by atoms with Crippen LogP contribution >= 0.6 is 11.6 Å². The Kier molecular flexibility index (Phi) is 3.71. The van der Waals surface area contributed by atoms with Gasteiger partial charge in [-0.2, -0.15) is 5.10 Å². The van der Waals surface area contributed by atoms with E-state index in [9.17, 15) is 4.79 Å². The zero-order chi connectivity index (χ0) is 14.7. The Hall–Kier alpha value is -2.59. The van der Waals surface area contributed by atoms with Gasteiger partial charge >= 0.3 is 0 Å². The van der Waals surface area contributed by atoms with Crippen LogP contribution in [0.15, 0.2) is 67.0 Å². The van der Waals surface area contributed by atoms with Crippen molar-refractivity contribution < 1.29 is 4.79 Å². The van der Waals surface area contributed by atoms with Gasteiger partial charge in [-0.25, -0.2) is 4.68 Å². The van der Waals surface area contributed by atoms with E-state index in [2.05, 4.69) is 10.4 Å². The van der Waals surface area contributed by atoms with Crippen molar-refractivity contribution in [2.24, 2.45) is 0 Å². The molecule has 2 aromatic carbocycles. The Labute approximate surface area is 127 Å². The first-order valence-corrected chi connectivity index (χ1v) is 6.77. The summed E-state index contributed by atoms with van der Waals surface area (Å²) in [5, 5.41) is 7.63. The molecule has 5 heteroatoms. The first kappa shape index (κ1) is 13.4. The van der Waals surface area contributed by atoms with Crippen LogP contribution in [0.4, 0.5) is 5.69 Å². The number of amides is 1. The van der Waals surface area contributed by atoms with Gasteiger partial charge in [0.15, 0.2) is 0 Å². The zero-order valence-electron chi connectivity index (χ0n) is 11.0. The molecule has 1 aromatic heterocycles. The highest BCUT2D eigenvalue weighted by Gasteiger charge is 2.09. The molecule has 4 nitrogen and oxygen atoms in total. The maximum atomic E-state index is 12.1. The fourth-order valence-electron chi connectivity index (χ4n) is 1.90. The van der Waals surface area contributed by atoms with E-state index in [1.54, 1.807) is 35.1 Å². The molecule has 0 bridgehead atoms. The van der Waals surface area contributed by atoms with Crippen LogP contribution in [-0.2, 0) is 0 Å². The molecule has 1 amide bonds. The van der Waals surface area contributed by atoms with Crippen molar-refractivity contribution in [2.45, 2.75) is 0 Å². The van der Waals surface area contributed by atoms with Gasteiger partial charge in [0.2, 0.25) is 0 Å². The molecule has 0 fully saturated rings. The third kappa shape index (κ3) is 3.12. The summed E-state index contributed by atoms with van der Waals surface area (Å²) in [5.41, 5.74) is 2.09. The smallest absolute Gasteiger partial charge is 0.258 e. The number of para-hydroxylation sites is 1. The van der Waals surface area contributed by atoms with Crippen LogP contribution in [-0.4, -0.2) is 15.7 Å². The van der Waals surface area contributed by atoms with Crippen LogP contribution < -0.4 is 5.32 Å². The standard InChI is InChI=1S/C16H12ClN3O/c17-13-6-8-14(9-7-13)19-16(21)12-10-18-20(11-12)15-4-2-1-3-5-15/h1-11H,(H,19,21). The summed E-state index contributed by atoms with van der Waals surface area (Å²) in [4.78, 5) is 12.1. The van der Waals surface area contributed by atoms with E-state index in [0.29, 0.717) is 16.3 Å². The number of nitrogens with zero attached hydrogens (tertiary/aromatic N) is 2. The van der Waals surface area contributed by atoms with E-state index in [4.69, 9.17) is 11.6 Å². The SMILES string of the molecule is O=C(Nc1ccc(Cl)cc1)c1cnn(-c2ccccc2)c1. The van der Waals surface area contributed by atoms with E-state index in [0.717, 1.165) is 5.69 Å². The molecule has 0 radical (unpaired) electrons. The quantitative estimate of drug-likeness (QED) is 0.800. The fourth-order valence-corrected chi connectivity index (χ4v) is 2.02. The van der Waals surface area contributed by atoms with Crippen LogP contribution in [0, 0.1) is 0 Å². The average Bonchev–Trinajstić information content (AvgIpc) is 3.00. The Morgan fingerprint density at radius 1 is 1.05 bits per heavy atom. The number of nitrogens with one attached hydrogen (secondary N) is 1. The summed E-state index contributed by atoms with van der Waals surface area (Å²) in [7, 11) is 0. The minimum absolute atomic E-state index is 0.209. The lowest BCUT2D eigenvalue weighted by atomic mass is 10.3. The van der Waals surface area contributed by atoms with Crippen molar-refractivity contribution in [2.75, 3.05) is 5.32 Å². The number of aromatic nitrogens is 2. The van der Waals surface area contributed by atoms with Gasteiger partial charge in [-0.3, -0.25) is 4.79 Å². The average molecular weight is 298 g/mol. The van der Waals surface area contributed by atoms with Gasteiger partial charge < -0.3 is 5.32 Å². The van der Waals surface area contributed by atoms with Gasteiger partial charge in [-0.15, -0.1) is 0 Å². The fraction of sp³-hybridized carbons (Fsp3) is 0. The number of anilines is 1. The molecule has 0 aliphatic rings. The van der Waals surface area contributed by atoms with Crippen LogP contribution in [0.1, 0.15) is 10.4 Å². The van der Waals surface area contributed by atoms with Gasteiger partial charge in [-0.1, -0.05) is 29.8 Å². The topological polar surface area (TPSA) is 46.9 Å². The number of halogens is 1. The Morgan fingerprint density at radius 3 is 2.48 bits per heavy atom. The number of hydrogen-bond acceptors (Lipinski definition) is 2. The second-order valence-corrected chi connectivity index (χ2v) is 4.91. The van der Waals surface area contributed by atoms with Crippen molar-refractivity contribution in [3.8, 4) is 5.69 Å². The van der Waals surface area contributed by atoms with Gasteiger partial charge in [-0.05, 0) is 36.4 Å². The summed E-state index contributed by atoms with van der Waals surface area (Å²) >= 11 is 5.81. The van der Waals surface area contributed by atoms with E-state index in [1.165, 1.54) is 6.20 Å². The molecule has 0 aliphatic carbocycles. The maximum Gasteiger partial charge on any atom is 0.258 e. The van der Waals surface area contributed by atoms with Crippen molar-refractivity contribution in [3.05, 3.63) is 77.6 Å². The van der Waals surface area contributed by atoms with Crippen LogP contribution in [0.25, 0.3) is 5.69 Å². The Balaban J connectivity index is 1.77. The minimum atomic E-state index is -0.209. The normalized spacial score (nSPS) is 10.3. The number of rotatable bonds is 3. The molecule has 3 aromatic rings. The van der Waals surface area contributed by atoms with Crippen molar-refractivity contribution in [3.63, 3.8) is 0 Å².